The fourth-order valence-electron chi connectivity index (χ4n) is 3.31. The third-order valence-corrected chi connectivity index (χ3v) is 5.25. The molecule has 124 valence electrons. The molecule has 5 heteroatoms. The van der Waals surface area contributed by atoms with E-state index < -0.39 is 0 Å². The van der Waals surface area contributed by atoms with Crippen molar-refractivity contribution in [2.45, 2.75) is 51.0 Å². The number of halogens is 1. The summed E-state index contributed by atoms with van der Waals surface area (Å²) >= 11 is 3.39. The van der Waals surface area contributed by atoms with Crippen LogP contribution in [-0.4, -0.2) is 17.9 Å². The van der Waals surface area contributed by atoms with Gasteiger partial charge in [-0.15, -0.1) is 0 Å². The van der Waals surface area contributed by atoms with Gasteiger partial charge in [0.2, 0.25) is 11.8 Å². The largest absolute Gasteiger partial charge is 0.353 e. The van der Waals surface area contributed by atoms with Crippen molar-refractivity contribution in [2.75, 3.05) is 5.32 Å². The van der Waals surface area contributed by atoms with E-state index in [1.807, 2.05) is 24.3 Å². The van der Waals surface area contributed by atoms with Gasteiger partial charge in [0.1, 0.15) is 0 Å². The summed E-state index contributed by atoms with van der Waals surface area (Å²) in [6.45, 7) is 0. The second-order valence-electron chi connectivity index (χ2n) is 6.65. The lowest BCUT2D eigenvalue weighted by atomic mass is 10.1. The van der Waals surface area contributed by atoms with Crippen LogP contribution in [0.25, 0.3) is 0 Å². The average Bonchev–Trinajstić information content (AvgIpc) is 3.32. The van der Waals surface area contributed by atoms with Gasteiger partial charge in [-0.2, -0.15) is 0 Å². The van der Waals surface area contributed by atoms with E-state index in [2.05, 4.69) is 26.6 Å². The van der Waals surface area contributed by atoms with Crippen molar-refractivity contribution in [3.8, 4) is 0 Å². The van der Waals surface area contributed by atoms with Crippen LogP contribution in [0.5, 0.6) is 0 Å². The molecule has 1 aromatic carbocycles. The topological polar surface area (TPSA) is 58.2 Å². The maximum absolute atomic E-state index is 12.3. The summed E-state index contributed by atoms with van der Waals surface area (Å²) in [7, 11) is 0. The summed E-state index contributed by atoms with van der Waals surface area (Å²) in [4.78, 5) is 24.6. The highest BCUT2D eigenvalue weighted by atomic mass is 79.9. The van der Waals surface area contributed by atoms with Gasteiger partial charge in [-0.3, -0.25) is 9.59 Å². The molecule has 0 aromatic heterocycles. The molecule has 2 unspecified atom stereocenters. The Balaban J connectivity index is 1.48. The van der Waals surface area contributed by atoms with Crippen LogP contribution in [0.4, 0.5) is 5.69 Å². The first kappa shape index (κ1) is 16.5. The number of hydrogen-bond donors (Lipinski definition) is 2. The summed E-state index contributed by atoms with van der Waals surface area (Å²) < 4.78 is 0.925. The minimum Gasteiger partial charge on any atom is -0.353 e. The normalized spacial score (nSPS) is 24.6. The van der Waals surface area contributed by atoms with Crippen LogP contribution < -0.4 is 10.6 Å². The fraction of sp³-hybridized carbons (Fsp3) is 0.556. The predicted molar refractivity (Wildman–Crippen MR) is 94.0 cm³/mol. The summed E-state index contributed by atoms with van der Waals surface area (Å²) in [5, 5.41) is 6.05. The smallest absolute Gasteiger partial charge is 0.228 e. The molecule has 2 saturated carbocycles. The van der Waals surface area contributed by atoms with Gasteiger partial charge in [0.15, 0.2) is 0 Å². The number of carbonyl (C=O) groups is 2. The Hall–Kier alpha value is -1.36. The highest BCUT2D eigenvalue weighted by Crippen LogP contribution is 2.40. The molecule has 0 saturated heterocycles. The van der Waals surface area contributed by atoms with Crippen LogP contribution >= 0.6 is 15.9 Å². The number of benzene rings is 1. The lowest BCUT2D eigenvalue weighted by Gasteiger charge is -2.16. The van der Waals surface area contributed by atoms with E-state index in [4.69, 9.17) is 0 Å². The third kappa shape index (κ3) is 4.56. The maximum Gasteiger partial charge on any atom is 0.228 e. The predicted octanol–water partition coefficient (Wildman–Crippen LogP) is 3.86. The van der Waals surface area contributed by atoms with E-state index in [1.165, 1.54) is 25.7 Å². The monoisotopic (exact) mass is 378 g/mol. The van der Waals surface area contributed by atoms with E-state index in [0.29, 0.717) is 12.5 Å². The van der Waals surface area contributed by atoms with Gasteiger partial charge in [0, 0.05) is 16.2 Å². The summed E-state index contributed by atoms with van der Waals surface area (Å²) in [5.74, 6) is -0.319. The van der Waals surface area contributed by atoms with Gasteiger partial charge >= 0.3 is 0 Å². The van der Waals surface area contributed by atoms with Crippen LogP contribution in [0.15, 0.2) is 28.7 Å². The fourth-order valence-corrected chi connectivity index (χ4v) is 3.71. The van der Waals surface area contributed by atoms with Crippen LogP contribution in [-0.2, 0) is 9.59 Å². The first-order valence-corrected chi connectivity index (χ1v) is 9.29. The van der Waals surface area contributed by atoms with Crippen molar-refractivity contribution in [3.05, 3.63) is 28.7 Å². The lowest BCUT2D eigenvalue weighted by Crippen LogP contribution is -2.36. The number of amides is 2. The molecule has 2 aliphatic rings. The molecule has 23 heavy (non-hydrogen) atoms. The molecular weight excluding hydrogens is 356 g/mol. The molecule has 3 rings (SSSR count). The number of rotatable bonds is 4. The molecule has 0 heterocycles. The SMILES string of the molecule is O=C(Nc1cccc(Br)c1)C1CC1C(=O)NC1CCCCCC1. The molecule has 2 aliphatic carbocycles. The van der Waals surface area contributed by atoms with E-state index in [0.717, 1.165) is 23.0 Å². The highest BCUT2D eigenvalue weighted by molar-refractivity contribution is 9.10. The summed E-state index contributed by atoms with van der Waals surface area (Å²) in [6, 6.07) is 7.81. The zero-order chi connectivity index (χ0) is 16.2. The molecule has 2 fully saturated rings. The minimum atomic E-state index is -0.181. The molecule has 0 bridgehead atoms. The molecule has 4 nitrogen and oxygen atoms in total. The standard InChI is InChI=1S/C18H23BrN2O2/c19-12-6-5-9-14(10-12)21-18(23)16-11-15(16)17(22)20-13-7-3-1-2-4-8-13/h5-6,9-10,13,15-16H,1-4,7-8,11H2,(H,20,22)(H,21,23). The Morgan fingerprint density at radius 2 is 1.70 bits per heavy atom. The second kappa shape index (κ2) is 7.47. The average molecular weight is 379 g/mol. The Morgan fingerprint density at radius 3 is 2.39 bits per heavy atom. The lowest BCUT2D eigenvalue weighted by molar-refractivity contribution is -0.125. The Labute approximate surface area is 145 Å². The van der Waals surface area contributed by atoms with Crippen molar-refractivity contribution in [3.63, 3.8) is 0 Å². The maximum atomic E-state index is 12.3. The molecular formula is C18H23BrN2O2. The highest BCUT2D eigenvalue weighted by Gasteiger charge is 2.48. The van der Waals surface area contributed by atoms with Gasteiger partial charge in [0.25, 0.3) is 0 Å². The second-order valence-corrected chi connectivity index (χ2v) is 7.56. The van der Waals surface area contributed by atoms with Crippen molar-refractivity contribution < 1.29 is 9.59 Å². The van der Waals surface area contributed by atoms with E-state index in [1.54, 1.807) is 0 Å². The number of anilines is 1. The van der Waals surface area contributed by atoms with Gasteiger partial charge < -0.3 is 10.6 Å². The van der Waals surface area contributed by atoms with Crippen LogP contribution in [0.1, 0.15) is 44.9 Å². The van der Waals surface area contributed by atoms with Gasteiger partial charge in [-0.1, -0.05) is 47.7 Å². The van der Waals surface area contributed by atoms with E-state index >= 15 is 0 Å². The Kier molecular flexibility index (Phi) is 5.36. The van der Waals surface area contributed by atoms with E-state index in [9.17, 15) is 9.59 Å². The van der Waals surface area contributed by atoms with Gasteiger partial charge in [-0.05, 0) is 37.5 Å². The molecule has 1 aromatic rings. The van der Waals surface area contributed by atoms with E-state index in [-0.39, 0.29) is 23.7 Å². The Morgan fingerprint density at radius 1 is 1.00 bits per heavy atom. The van der Waals surface area contributed by atoms with Gasteiger partial charge in [-0.25, -0.2) is 0 Å². The molecule has 2 amide bonds. The van der Waals surface area contributed by atoms with Crippen molar-refractivity contribution in [1.82, 2.24) is 5.32 Å². The van der Waals surface area contributed by atoms with Crippen molar-refractivity contribution in [2.24, 2.45) is 11.8 Å². The summed E-state index contributed by atoms with van der Waals surface area (Å²) in [6.07, 6.45) is 7.75. The first-order valence-electron chi connectivity index (χ1n) is 8.50. The van der Waals surface area contributed by atoms with Crippen LogP contribution in [0.3, 0.4) is 0 Å². The third-order valence-electron chi connectivity index (χ3n) is 4.76. The Bertz CT molecular complexity index is 582. The summed E-state index contributed by atoms with van der Waals surface area (Å²) in [5.41, 5.74) is 0.763. The molecule has 0 radical (unpaired) electrons. The van der Waals surface area contributed by atoms with Crippen molar-refractivity contribution >= 4 is 33.4 Å². The van der Waals surface area contributed by atoms with Gasteiger partial charge in [0.05, 0.1) is 11.8 Å². The van der Waals surface area contributed by atoms with Crippen LogP contribution in [0.2, 0.25) is 0 Å². The zero-order valence-electron chi connectivity index (χ0n) is 13.2. The molecule has 2 atom stereocenters. The molecule has 0 spiro atoms. The molecule has 2 N–H and O–H groups in total. The first-order chi connectivity index (χ1) is 11.1. The molecule has 0 aliphatic heterocycles. The number of nitrogens with one attached hydrogen (secondary N) is 2. The van der Waals surface area contributed by atoms with Crippen LogP contribution in [0, 0.1) is 11.8 Å². The quantitative estimate of drug-likeness (QED) is 0.781. The minimum absolute atomic E-state index is 0.0517. The number of hydrogen-bond acceptors (Lipinski definition) is 2. The van der Waals surface area contributed by atoms with Crippen molar-refractivity contribution in [1.29, 1.82) is 0 Å². The zero-order valence-corrected chi connectivity index (χ0v) is 14.8. The number of carbonyl (C=O) groups excluding carboxylic acids is 2.